The number of hydrogen-bond acceptors (Lipinski definition) is 1. The molecule has 1 aromatic heterocycles. The Bertz CT molecular complexity index is 519. The molecular weight excluding hydrogens is 208 g/mol. The molecule has 2 nitrogen and oxygen atoms in total. The number of nitrogens with one attached hydrogen (secondary N) is 1. The maximum atomic E-state index is 3.44. The number of aromatic amines is 1. The Balaban J connectivity index is 1.89. The molecule has 90 valence electrons. The monoisotopic (exact) mass is 228 g/mol. The molecular formula is C15H20N2. The summed E-state index contributed by atoms with van der Waals surface area (Å²) in [5.74, 6) is 0.749. The number of aryl methyl sites for hydroxylation is 1. The first-order valence-electron chi connectivity index (χ1n) is 6.50. The summed E-state index contributed by atoms with van der Waals surface area (Å²) in [5.41, 5.74) is 4.05. The van der Waals surface area contributed by atoms with Gasteiger partial charge in [-0.05, 0) is 68.9 Å². The van der Waals surface area contributed by atoms with Crippen LogP contribution in [0.2, 0.25) is 0 Å². The quantitative estimate of drug-likeness (QED) is 0.793. The minimum Gasteiger partial charge on any atom is -0.359 e. The van der Waals surface area contributed by atoms with E-state index in [4.69, 9.17) is 0 Å². The Kier molecular flexibility index (Phi) is 2.67. The SMILES string of the molecule is Cc1cc2ccc(C3CCN(C)CC3)cc2[nH]1. The predicted molar refractivity (Wildman–Crippen MR) is 72.5 cm³/mol. The van der Waals surface area contributed by atoms with Crippen molar-refractivity contribution in [1.82, 2.24) is 9.88 Å². The van der Waals surface area contributed by atoms with Gasteiger partial charge in [0, 0.05) is 11.2 Å². The second-order valence-electron chi connectivity index (χ2n) is 5.38. The zero-order valence-electron chi connectivity index (χ0n) is 10.7. The minimum absolute atomic E-state index is 0.749. The van der Waals surface area contributed by atoms with Crippen LogP contribution in [0.5, 0.6) is 0 Å². The van der Waals surface area contributed by atoms with Crippen molar-refractivity contribution in [3.05, 3.63) is 35.5 Å². The highest BCUT2D eigenvalue weighted by molar-refractivity contribution is 5.81. The number of aromatic nitrogens is 1. The average molecular weight is 228 g/mol. The summed E-state index contributed by atoms with van der Waals surface area (Å²) >= 11 is 0. The fraction of sp³-hybridized carbons (Fsp3) is 0.467. The van der Waals surface area contributed by atoms with Gasteiger partial charge < -0.3 is 9.88 Å². The Morgan fingerprint density at radius 3 is 2.71 bits per heavy atom. The summed E-state index contributed by atoms with van der Waals surface area (Å²) in [6.07, 6.45) is 2.59. The number of H-pyrrole nitrogens is 1. The van der Waals surface area contributed by atoms with Gasteiger partial charge >= 0.3 is 0 Å². The third-order valence-corrected chi connectivity index (χ3v) is 3.97. The van der Waals surface area contributed by atoms with E-state index in [9.17, 15) is 0 Å². The van der Waals surface area contributed by atoms with E-state index in [0.29, 0.717) is 0 Å². The number of likely N-dealkylation sites (tertiary alicyclic amines) is 1. The number of fused-ring (bicyclic) bond motifs is 1. The fourth-order valence-electron chi connectivity index (χ4n) is 2.89. The highest BCUT2D eigenvalue weighted by Gasteiger charge is 2.18. The molecule has 0 bridgehead atoms. The number of piperidine rings is 1. The molecule has 1 N–H and O–H groups in total. The van der Waals surface area contributed by atoms with Crippen molar-refractivity contribution >= 4 is 10.9 Å². The van der Waals surface area contributed by atoms with Crippen LogP contribution in [-0.2, 0) is 0 Å². The van der Waals surface area contributed by atoms with E-state index < -0.39 is 0 Å². The standard InChI is InChI=1S/C15H20N2/c1-11-9-14-4-3-13(10-15(14)16-11)12-5-7-17(2)8-6-12/h3-4,9-10,12,16H,5-8H2,1-2H3. The lowest BCUT2D eigenvalue weighted by molar-refractivity contribution is 0.255. The molecule has 2 heteroatoms. The molecule has 17 heavy (non-hydrogen) atoms. The summed E-state index contributed by atoms with van der Waals surface area (Å²) in [5, 5.41) is 1.33. The van der Waals surface area contributed by atoms with Gasteiger partial charge in [-0.15, -0.1) is 0 Å². The van der Waals surface area contributed by atoms with Gasteiger partial charge in [0.25, 0.3) is 0 Å². The van der Waals surface area contributed by atoms with Crippen LogP contribution in [-0.4, -0.2) is 30.0 Å². The topological polar surface area (TPSA) is 19.0 Å². The minimum atomic E-state index is 0.749. The van der Waals surface area contributed by atoms with E-state index in [1.165, 1.54) is 48.1 Å². The fourth-order valence-corrected chi connectivity index (χ4v) is 2.89. The normalized spacial score (nSPS) is 18.9. The summed E-state index contributed by atoms with van der Waals surface area (Å²) in [7, 11) is 2.22. The van der Waals surface area contributed by atoms with Crippen molar-refractivity contribution < 1.29 is 0 Å². The van der Waals surface area contributed by atoms with Gasteiger partial charge in [-0.3, -0.25) is 0 Å². The van der Waals surface area contributed by atoms with E-state index in [1.54, 1.807) is 0 Å². The van der Waals surface area contributed by atoms with Gasteiger partial charge in [0.2, 0.25) is 0 Å². The van der Waals surface area contributed by atoms with Gasteiger partial charge in [0.05, 0.1) is 0 Å². The molecule has 0 aliphatic carbocycles. The summed E-state index contributed by atoms with van der Waals surface area (Å²) in [6.45, 7) is 4.58. The Morgan fingerprint density at radius 1 is 1.18 bits per heavy atom. The first-order valence-corrected chi connectivity index (χ1v) is 6.50. The van der Waals surface area contributed by atoms with Crippen LogP contribution in [0.15, 0.2) is 24.3 Å². The number of rotatable bonds is 1. The highest BCUT2D eigenvalue weighted by atomic mass is 15.1. The molecule has 1 aliphatic heterocycles. The van der Waals surface area contributed by atoms with Crippen LogP contribution in [0, 0.1) is 6.92 Å². The van der Waals surface area contributed by atoms with Crippen molar-refractivity contribution in [2.24, 2.45) is 0 Å². The van der Waals surface area contributed by atoms with E-state index in [-0.39, 0.29) is 0 Å². The van der Waals surface area contributed by atoms with Gasteiger partial charge in [-0.25, -0.2) is 0 Å². The molecule has 2 aromatic rings. The molecule has 3 rings (SSSR count). The average Bonchev–Trinajstić information content (AvgIpc) is 2.69. The van der Waals surface area contributed by atoms with Crippen molar-refractivity contribution in [3.8, 4) is 0 Å². The van der Waals surface area contributed by atoms with Crippen molar-refractivity contribution in [2.45, 2.75) is 25.7 Å². The molecule has 2 heterocycles. The van der Waals surface area contributed by atoms with Crippen molar-refractivity contribution in [2.75, 3.05) is 20.1 Å². The molecule has 1 saturated heterocycles. The molecule has 1 fully saturated rings. The molecule has 0 spiro atoms. The van der Waals surface area contributed by atoms with Crippen molar-refractivity contribution in [3.63, 3.8) is 0 Å². The molecule has 0 radical (unpaired) electrons. The lowest BCUT2D eigenvalue weighted by atomic mass is 9.89. The van der Waals surface area contributed by atoms with E-state index >= 15 is 0 Å². The van der Waals surface area contributed by atoms with Crippen molar-refractivity contribution in [1.29, 1.82) is 0 Å². The summed E-state index contributed by atoms with van der Waals surface area (Å²) < 4.78 is 0. The molecule has 0 amide bonds. The Morgan fingerprint density at radius 2 is 1.94 bits per heavy atom. The second-order valence-corrected chi connectivity index (χ2v) is 5.38. The molecule has 0 unspecified atom stereocenters. The maximum Gasteiger partial charge on any atom is 0.0458 e. The largest absolute Gasteiger partial charge is 0.359 e. The predicted octanol–water partition coefficient (Wildman–Crippen LogP) is 3.29. The van der Waals surface area contributed by atoms with Gasteiger partial charge in [-0.2, -0.15) is 0 Å². The Hall–Kier alpha value is -1.28. The first-order chi connectivity index (χ1) is 8.22. The zero-order valence-corrected chi connectivity index (χ0v) is 10.7. The molecule has 0 atom stereocenters. The van der Waals surface area contributed by atoms with Crippen LogP contribution in [0.1, 0.15) is 30.0 Å². The summed E-state index contributed by atoms with van der Waals surface area (Å²) in [4.78, 5) is 5.86. The zero-order chi connectivity index (χ0) is 11.8. The smallest absolute Gasteiger partial charge is 0.0458 e. The first kappa shape index (κ1) is 10.8. The summed E-state index contributed by atoms with van der Waals surface area (Å²) in [6, 6.07) is 9.13. The van der Waals surface area contributed by atoms with Crippen LogP contribution >= 0.6 is 0 Å². The van der Waals surface area contributed by atoms with Crippen LogP contribution in [0.3, 0.4) is 0 Å². The number of hydrogen-bond donors (Lipinski definition) is 1. The second kappa shape index (κ2) is 4.19. The van der Waals surface area contributed by atoms with E-state index in [1.807, 2.05) is 0 Å². The molecule has 1 aromatic carbocycles. The highest BCUT2D eigenvalue weighted by Crippen LogP contribution is 2.29. The van der Waals surface area contributed by atoms with E-state index in [2.05, 4.69) is 48.1 Å². The van der Waals surface area contributed by atoms with Gasteiger partial charge in [-0.1, -0.05) is 12.1 Å². The van der Waals surface area contributed by atoms with Gasteiger partial charge in [0.15, 0.2) is 0 Å². The van der Waals surface area contributed by atoms with Crippen LogP contribution in [0.25, 0.3) is 10.9 Å². The number of nitrogens with zero attached hydrogens (tertiary/aromatic N) is 1. The van der Waals surface area contributed by atoms with E-state index in [0.717, 1.165) is 5.92 Å². The third kappa shape index (κ3) is 2.09. The van der Waals surface area contributed by atoms with Gasteiger partial charge in [0.1, 0.15) is 0 Å². The van der Waals surface area contributed by atoms with Crippen LogP contribution in [0.4, 0.5) is 0 Å². The van der Waals surface area contributed by atoms with Crippen LogP contribution < -0.4 is 0 Å². The lowest BCUT2D eigenvalue weighted by Gasteiger charge is -2.29. The lowest BCUT2D eigenvalue weighted by Crippen LogP contribution is -2.29. The number of benzene rings is 1. The molecule has 1 aliphatic rings. The third-order valence-electron chi connectivity index (χ3n) is 3.97. The Labute approximate surface area is 103 Å². The molecule has 0 saturated carbocycles. The maximum absolute atomic E-state index is 3.44.